The van der Waals surface area contributed by atoms with Crippen LogP contribution in [0.2, 0.25) is 0 Å². The summed E-state index contributed by atoms with van der Waals surface area (Å²) in [5, 5.41) is 16.0. The Labute approximate surface area is 174 Å². The number of halogens is 2. The Morgan fingerprint density at radius 3 is 2.68 bits per heavy atom. The number of fused-ring (bicyclic) bond motifs is 1. The highest BCUT2D eigenvalue weighted by Gasteiger charge is 2.30. The standard InChI is InChI=1S/C22H14F2N6O/c23-13-4-5-14(17(24)8-13)19-16(9-27-28-19)12-3-6-18-15(7-12)20(26-10-25-18)22-30-29-21(31-22)11-1-2-11/h3-11H,1-2H2,(H,27,28). The van der Waals surface area contributed by atoms with Gasteiger partial charge in [0.1, 0.15) is 29.3 Å². The van der Waals surface area contributed by atoms with Crippen molar-refractivity contribution in [2.45, 2.75) is 18.8 Å². The van der Waals surface area contributed by atoms with E-state index in [1.54, 1.807) is 6.20 Å². The summed E-state index contributed by atoms with van der Waals surface area (Å²) in [5.41, 5.74) is 3.24. The van der Waals surface area contributed by atoms with E-state index in [1.807, 2.05) is 18.2 Å². The molecule has 0 unspecified atom stereocenters. The molecule has 1 aliphatic carbocycles. The van der Waals surface area contributed by atoms with Crippen molar-refractivity contribution in [3.8, 4) is 34.0 Å². The highest BCUT2D eigenvalue weighted by molar-refractivity contribution is 5.94. The largest absolute Gasteiger partial charge is 0.419 e. The summed E-state index contributed by atoms with van der Waals surface area (Å²) in [6.07, 6.45) is 5.23. The zero-order valence-corrected chi connectivity index (χ0v) is 16.0. The van der Waals surface area contributed by atoms with Crippen LogP contribution in [0, 0.1) is 11.6 Å². The Bertz CT molecular complexity index is 1440. The number of benzene rings is 2. The molecule has 3 heterocycles. The number of rotatable bonds is 4. The second kappa shape index (κ2) is 6.76. The Kier molecular flexibility index (Phi) is 3.89. The maximum absolute atomic E-state index is 14.4. The predicted octanol–water partition coefficient (Wildman–Crippen LogP) is 4.89. The van der Waals surface area contributed by atoms with Crippen molar-refractivity contribution in [3.05, 3.63) is 66.4 Å². The van der Waals surface area contributed by atoms with E-state index in [1.165, 1.54) is 18.5 Å². The van der Waals surface area contributed by atoms with Gasteiger partial charge in [0.25, 0.3) is 5.89 Å². The van der Waals surface area contributed by atoms with E-state index in [0.717, 1.165) is 29.9 Å². The molecule has 0 amide bonds. The lowest BCUT2D eigenvalue weighted by Crippen LogP contribution is -1.92. The number of nitrogens with zero attached hydrogens (tertiary/aromatic N) is 5. The summed E-state index contributed by atoms with van der Waals surface area (Å²) in [7, 11) is 0. The molecule has 0 saturated heterocycles. The zero-order valence-electron chi connectivity index (χ0n) is 16.0. The van der Waals surface area contributed by atoms with E-state index in [-0.39, 0.29) is 5.56 Å². The van der Waals surface area contributed by atoms with Crippen molar-refractivity contribution in [2.75, 3.05) is 0 Å². The molecule has 9 heteroatoms. The smallest absolute Gasteiger partial charge is 0.267 e. The molecule has 5 aromatic rings. The quantitative estimate of drug-likeness (QED) is 0.448. The maximum atomic E-state index is 14.4. The molecule has 1 aliphatic rings. The van der Waals surface area contributed by atoms with Gasteiger partial charge >= 0.3 is 0 Å². The van der Waals surface area contributed by atoms with Gasteiger partial charge in [-0.1, -0.05) is 6.07 Å². The Morgan fingerprint density at radius 1 is 0.935 bits per heavy atom. The fraction of sp³-hybridized carbons (Fsp3) is 0.136. The van der Waals surface area contributed by atoms with Gasteiger partial charge in [-0.05, 0) is 42.7 Å². The number of hydrogen-bond acceptors (Lipinski definition) is 6. The van der Waals surface area contributed by atoms with Gasteiger partial charge in [-0.15, -0.1) is 10.2 Å². The monoisotopic (exact) mass is 416 g/mol. The Hall–Kier alpha value is -4.01. The van der Waals surface area contributed by atoms with Gasteiger partial charge < -0.3 is 4.42 Å². The molecule has 31 heavy (non-hydrogen) atoms. The van der Waals surface area contributed by atoms with Crippen LogP contribution in [0.1, 0.15) is 24.7 Å². The van der Waals surface area contributed by atoms with Crippen LogP contribution in [0.3, 0.4) is 0 Å². The highest BCUT2D eigenvalue weighted by Crippen LogP contribution is 2.40. The van der Waals surface area contributed by atoms with Crippen LogP contribution in [-0.4, -0.2) is 30.4 Å². The number of nitrogens with one attached hydrogen (secondary N) is 1. The van der Waals surface area contributed by atoms with Crippen LogP contribution in [0.15, 0.2) is 53.3 Å². The number of aromatic nitrogens is 6. The molecule has 6 rings (SSSR count). The fourth-order valence-electron chi connectivity index (χ4n) is 3.62. The molecule has 0 spiro atoms. The molecule has 0 atom stereocenters. The lowest BCUT2D eigenvalue weighted by molar-refractivity contribution is 0.507. The van der Waals surface area contributed by atoms with Crippen molar-refractivity contribution < 1.29 is 13.2 Å². The van der Waals surface area contributed by atoms with E-state index < -0.39 is 11.6 Å². The first-order valence-corrected chi connectivity index (χ1v) is 9.75. The third kappa shape index (κ3) is 3.05. The minimum atomic E-state index is -0.684. The molecule has 1 fully saturated rings. The van der Waals surface area contributed by atoms with E-state index in [2.05, 4.69) is 30.4 Å². The second-order valence-corrected chi connectivity index (χ2v) is 7.45. The van der Waals surface area contributed by atoms with Gasteiger partial charge in [-0.25, -0.2) is 18.7 Å². The molecule has 1 saturated carbocycles. The van der Waals surface area contributed by atoms with Crippen molar-refractivity contribution in [2.24, 2.45) is 0 Å². The second-order valence-electron chi connectivity index (χ2n) is 7.45. The number of aromatic amines is 1. The van der Waals surface area contributed by atoms with Gasteiger partial charge in [0.05, 0.1) is 5.52 Å². The molecule has 3 aromatic heterocycles. The summed E-state index contributed by atoms with van der Waals surface area (Å²) in [6.45, 7) is 0. The molecule has 2 aromatic carbocycles. The summed E-state index contributed by atoms with van der Waals surface area (Å²) in [4.78, 5) is 8.69. The molecule has 0 radical (unpaired) electrons. The third-order valence-electron chi connectivity index (χ3n) is 5.34. The fourth-order valence-corrected chi connectivity index (χ4v) is 3.62. The number of hydrogen-bond donors (Lipinski definition) is 1. The first-order chi connectivity index (χ1) is 15.2. The van der Waals surface area contributed by atoms with E-state index in [0.29, 0.717) is 40.2 Å². The van der Waals surface area contributed by atoms with Gasteiger partial charge in [-0.3, -0.25) is 5.10 Å². The molecule has 7 nitrogen and oxygen atoms in total. The van der Waals surface area contributed by atoms with Crippen LogP contribution in [0.5, 0.6) is 0 Å². The third-order valence-corrected chi connectivity index (χ3v) is 5.34. The van der Waals surface area contributed by atoms with Crippen LogP contribution < -0.4 is 0 Å². The summed E-state index contributed by atoms with van der Waals surface area (Å²) in [5.74, 6) is -0.0261. The van der Waals surface area contributed by atoms with Gasteiger partial charge in [0.15, 0.2) is 0 Å². The first kappa shape index (κ1) is 17.8. The van der Waals surface area contributed by atoms with Crippen molar-refractivity contribution in [3.63, 3.8) is 0 Å². The van der Waals surface area contributed by atoms with Crippen molar-refractivity contribution in [1.29, 1.82) is 0 Å². The summed E-state index contributed by atoms with van der Waals surface area (Å²) < 4.78 is 33.6. The average molecular weight is 416 g/mol. The molecular formula is C22H14F2N6O. The van der Waals surface area contributed by atoms with Crippen LogP contribution in [-0.2, 0) is 0 Å². The highest BCUT2D eigenvalue weighted by atomic mass is 19.1. The SMILES string of the molecule is Fc1ccc(-c2n[nH]cc2-c2ccc3ncnc(-c4nnc(C5CC5)o4)c3c2)c(F)c1. The van der Waals surface area contributed by atoms with E-state index >= 15 is 0 Å². The van der Waals surface area contributed by atoms with Crippen LogP contribution in [0.25, 0.3) is 44.9 Å². The molecule has 0 bridgehead atoms. The normalized spacial score (nSPS) is 13.7. The molecule has 0 aliphatic heterocycles. The lowest BCUT2D eigenvalue weighted by atomic mass is 9.99. The minimum Gasteiger partial charge on any atom is -0.419 e. The maximum Gasteiger partial charge on any atom is 0.267 e. The minimum absolute atomic E-state index is 0.202. The topological polar surface area (TPSA) is 93.4 Å². The molecule has 1 N–H and O–H groups in total. The zero-order chi connectivity index (χ0) is 20.9. The Balaban J connectivity index is 1.48. The van der Waals surface area contributed by atoms with Gasteiger partial charge in [0, 0.05) is 34.7 Å². The van der Waals surface area contributed by atoms with E-state index in [4.69, 9.17) is 4.42 Å². The summed E-state index contributed by atoms with van der Waals surface area (Å²) >= 11 is 0. The Morgan fingerprint density at radius 2 is 1.84 bits per heavy atom. The predicted molar refractivity (Wildman–Crippen MR) is 108 cm³/mol. The van der Waals surface area contributed by atoms with Crippen LogP contribution >= 0.6 is 0 Å². The van der Waals surface area contributed by atoms with Gasteiger partial charge in [-0.2, -0.15) is 5.10 Å². The summed E-state index contributed by atoms with van der Waals surface area (Å²) in [6, 6.07) is 8.99. The number of H-pyrrole nitrogens is 1. The van der Waals surface area contributed by atoms with Crippen molar-refractivity contribution >= 4 is 10.9 Å². The van der Waals surface area contributed by atoms with Crippen molar-refractivity contribution in [1.82, 2.24) is 30.4 Å². The van der Waals surface area contributed by atoms with Crippen LogP contribution in [0.4, 0.5) is 8.78 Å². The first-order valence-electron chi connectivity index (χ1n) is 9.75. The molecule has 152 valence electrons. The lowest BCUT2D eigenvalue weighted by Gasteiger charge is -2.07. The van der Waals surface area contributed by atoms with Gasteiger partial charge in [0.2, 0.25) is 5.89 Å². The van der Waals surface area contributed by atoms with E-state index in [9.17, 15) is 8.78 Å². The average Bonchev–Trinajstić information content (AvgIpc) is 3.31. The molecular weight excluding hydrogens is 402 g/mol.